The summed E-state index contributed by atoms with van der Waals surface area (Å²) in [6, 6.07) is 13.8. The molecule has 0 bridgehead atoms. The number of thiophene rings is 1. The van der Waals surface area contributed by atoms with Crippen LogP contribution in [0, 0.1) is 5.92 Å². The number of fused-ring (bicyclic) bond motifs is 1. The van der Waals surface area contributed by atoms with Gasteiger partial charge in [-0.25, -0.2) is 9.59 Å². The zero-order valence-corrected chi connectivity index (χ0v) is 15.9. The fraction of sp³-hybridized carbons (Fsp3) is 0.200. The molecule has 0 atom stereocenters. The Bertz CT molecular complexity index is 944. The number of carbonyl (C=O) groups excluding carboxylic acids is 2. The molecular formula is C20H17ClO4S. The van der Waals surface area contributed by atoms with Crippen molar-refractivity contribution in [2.24, 2.45) is 5.92 Å². The molecule has 0 unspecified atom stereocenters. The molecule has 0 spiro atoms. The van der Waals surface area contributed by atoms with Crippen LogP contribution in [0.4, 0.5) is 0 Å². The van der Waals surface area contributed by atoms with Crippen LogP contribution in [-0.4, -0.2) is 18.5 Å². The van der Waals surface area contributed by atoms with E-state index in [2.05, 4.69) is 0 Å². The maximum atomic E-state index is 12.4. The quantitative estimate of drug-likeness (QED) is 0.422. The van der Waals surface area contributed by atoms with Gasteiger partial charge in [-0.15, -0.1) is 11.3 Å². The van der Waals surface area contributed by atoms with Crippen LogP contribution in [0.3, 0.4) is 0 Å². The molecule has 3 aromatic rings. The zero-order valence-electron chi connectivity index (χ0n) is 14.3. The fourth-order valence-electron chi connectivity index (χ4n) is 2.28. The normalized spacial score (nSPS) is 10.9. The average molecular weight is 389 g/mol. The maximum Gasteiger partial charge on any atom is 0.355 e. The van der Waals surface area contributed by atoms with Gasteiger partial charge >= 0.3 is 11.9 Å². The van der Waals surface area contributed by atoms with E-state index in [-0.39, 0.29) is 5.92 Å². The first kappa shape index (κ1) is 18.4. The lowest BCUT2D eigenvalue weighted by molar-refractivity contribution is 0.0459. The van der Waals surface area contributed by atoms with E-state index in [1.54, 1.807) is 24.3 Å². The van der Waals surface area contributed by atoms with Crippen LogP contribution in [0.25, 0.3) is 10.1 Å². The number of esters is 2. The van der Waals surface area contributed by atoms with Crippen molar-refractivity contribution in [1.29, 1.82) is 0 Å². The van der Waals surface area contributed by atoms with Gasteiger partial charge in [0, 0.05) is 10.1 Å². The van der Waals surface area contributed by atoms with E-state index >= 15 is 0 Å². The highest BCUT2D eigenvalue weighted by Gasteiger charge is 2.19. The molecule has 0 amide bonds. The van der Waals surface area contributed by atoms with Crippen molar-refractivity contribution in [3.05, 3.63) is 64.0 Å². The third-order valence-electron chi connectivity index (χ3n) is 3.57. The Morgan fingerprint density at radius 3 is 2.38 bits per heavy atom. The van der Waals surface area contributed by atoms with Gasteiger partial charge in [0.15, 0.2) is 0 Å². The minimum atomic E-state index is -0.522. The second kappa shape index (κ2) is 7.89. The van der Waals surface area contributed by atoms with Gasteiger partial charge in [0.05, 0.1) is 17.2 Å². The second-order valence-corrected chi connectivity index (χ2v) is 7.58. The van der Waals surface area contributed by atoms with Crippen LogP contribution in [0.5, 0.6) is 5.75 Å². The number of hydrogen-bond acceptors (Lipinski definition) is 5. The number of halogens is 1. The Hall–Kier alpha value is -2.37. The molecule has 0 aliphatic rings. The lowest BCUT2D eigenvalue weighted by atomic mass is 10.2. The molecule has 134 valence electrons. The van der Waals surface area contributed by atoms with Crippen molar-refractivity contribution < 1.29 is 19.1 Å². The molecule has 3 rings (SSSR count). The van der Waals surface area contributed by atoms with E-state index in [1.165, 1.54) is 11.3 Å². The molecular weight excluding hydrogens is 372 g/mol. The molecule has 0 aliphatic heterocycles. The molecule has 0 aliphatic carbocycles. The molecule has 2 aromatic carbocycles. The Labute approximate surface area is 160 Å². The molecule has 4 nitrogen and oxygen atoms in total. The smallest absolute Gasteiger partial charge is 0.355 e. The number of ether oxygens (including phenoxy) is 2. The summed E-state index contributed by atoms with van der Waals surface area (Å²) in [7, 11) is 0. The van der Waals surface area contributed by atoms with Crippen LogP contribution in [0.15, 0.2) is 48.5 Å². The molecule has 0 N–H and O–H groups in total. The highest BCUT2D eigenvalue weighted by Crippen LogP contribution is 2.35. The summed E-state index contributed by atoms with van der Waals surface area (Å²) in [4.78, 5) is 24.7. The van der Waals surface area contributed by atoms with Crippen LogP contribution < -0.4 is 4.74 Å². The number of hydrogen-bond donors (Lipinski definition) is 0. The van der Waals surface area contributed by atoms with Crippen LogP contribution in [0.1, 0.15) is 33.9 Å². The van der Waals surface area contributed by atoms with Gasteiger partial charge in [0.1, 0.15) is 10.6 Å². The van der Waals surface area contributed by atoms with Crippen LogP contribution in [-0.2, 0) is 4.74 Å². The van der Waals surface area contributed by atoms with Crippen molar-refractivity contribution in [2.45, 2.75) is 13.8 Å². The number of carbonyl (C=O) groups is 2. The lowest BCUT2D eigenvalue weighted by Crippen LogP contribution is -2.10. The summed E-state index contributed by atoms with van der Waals surface area (Å²) in [5.41, 5.74) is 0.408. The second-order valence-electron chi connectivity index (χ2n) is 6.15. The lowest BCUT2D eigenvalue weighted by Gasteiger charge is -2.08. The molecule has 0 saturated heterocycles. The van der Waals surface area contributed by atoms with Crippen molar-refractivity contribution in [3.63, 3.8) is 0 Å². The third-order valence-corrected chi connectivity index (χ3v) is 5.22. The Kier molecular flexibility index (Phi) is 5.59. The molecule has 26 heavy (non-hydrogen) atoms. The highest BCUT2D eigenvalue weighted by molar-refractivity contribution is 7.21. The van der Waals surface area contributed by atoms with E-state index in [0.29, 0.717) is 27.8 Å². The molecule has 0 fully saturated rings. The average Bonchev–Trinajstić information content (AvgIpc) is 2.97. The van der Waals surface area contributed by atoms with Gasteiger partial charge in [-0.3, -0.25) is 0 Å². The Morgan fingerprint density at radius 1 is 1.04 bits per heavy atom. The van der Waals surface area contributed by atoms with E-state index in [1.807, 2.05) is 38.1 Å². The summed E-state index contributed by atoms with van der Waals surface area (Å²) in [5.74, 6) is -0.315. The standard InChI is InChI=1S/C20H17ClO4S/c1-12(2)11-24-19(22)13-7-9-14(10-8-13)25-20(23)18-17(21)15-5-3-4-6-16(15)26-18/h3-10,12H,11H2,1-2H3. The van der Waals surface area contributed by atoms with Crippen molar-refractivity contribution in [2.75, 3.05) is 6.61 Å². The summed E-state index contributed by atoms with van der Waals surface area (Å²) in [6.45, 7) is 4.30. The van der Waals surface area contributed by atoms with E-state index in [4.69, 9.17) is 21.1 Å². The van der Waals surface area contributed by atoms with Crippen molar-refractivity contribution in [1.82, 2.24) is 0 Å². The number of rotatable bonds is 5. The van der Waals surface area contributed by atoms with Crippen molar-refractivity contribution in [3.8, 4) is 5.75 Å². The highest BCUT2D eigenvalue weighted by atomic mass is 35.5. The first-order valence-electron chi connectivity index (χ1n) is 8.12. The third kappa shape index (κ3) is 4.06. The van der Waals surface area contributed by atoms with Gasteiger partial charge in [0.2, 0.25) is 0 Å². The molecule has 0 saturated carbocycles. The Balaban J connectivity index is 1.71. The van der Waals surface area contributed by atoms with Gasteiger partial charge in [-0.2, -0.15) is 0 Å². The van der Waals surface area contributed by atoms with Crippen LogP contribution >= 0.6 is 22.9 Å². The van der Waals surface area contributed by atoms with E-state index in [9.17, 15) is 9.59 Å². The summed E-state index contributed by atoms with van der Waals surface area (Å²) in [5, 5.41) is 1.22. The fourth-order valence-corrected chi connectivity index (χ4v) is 3.67. The SMILES string of the molecule is CC(C)COC(=O)c1ccc(OC(=O)c2sc3ccccc3c2Cl)cc1. The van der Waals surface area contributed by atoms with Gasteiger partial charge in [-0.1, -0.05) is 43.6 Å². The maximum absolute atomic E-state index is 12.4. The summed E-state index contributed by atoms with van der Waals surface area (Å²) in [6.07, 6.45) is 0. The van der Waals surface area contributed by atoms with Crippen LogP contribution in [0.2, 0.25) is 5.02 Å². The van der Waals surface area contributed by atoms with E-state index in [0.717, 1.165) is 10.1 Å². The van der Waals surface area contributed by atoms with Gasteiger partial charge in [-0.05, 0) is 36.2 Å². The van der Waals surface area contributed by atoms with Gasteiger partial charge in [0.25, 0.3) is 0 Å². The van der Waals surface area contributed by atoms with Crippen molar-refractivity contribution >= 4 is 45.0 Å². The summed E-state index contributed by atoms with van der Waals surface area (Å²) >= 11 is 7.58. The zero-order chi connectivity index (χ0) is 18.7. The molecule has 1 heterocycles. The molecule has 1 aromatic heterocycles. The largest absolute Gasteiger partial charge is 0.462 e. The molecule has 0 radical (unpaired) electrons. The van der Waals surface area contributed by atoms with Gasteiger partial charge < -0.3 is 9.47 Å². The van der Waals surface area contributed by atoms with E-state index < -0.39 is 11.9 Å². The molecule has 6 heteroatoms. The predicted octanol–water partition coefficient (Wildman–Crippen LogP) is 5.59. The predicted molar refractivity (Wildman–Crippen MR) is 103 cm³/mol. The minimum absolute atomic E-state index is 0.269. The monoisotopic (exact) mass is 388 g/mol. The Morgan fingerprint density at radius 2 is 1.73 bits per heavy atom. The number of benzene rings is 2. The first-order chi connectivity index (χ1) is 12.5. The first-order valence-corrected chi connectivity index (χ1v) is 9.31. The minimum Gasteiger partial charge on any atom is -0.462 e. The summed E-state index contributed by atoms with van der Waals surface area (Å²) < 4.78 is 11.5. The topological polar surface area (TPSA) is 52.6 Å².